The van der Waals surface area contributed by atoms with E-state index in [1.807, 2.05) is 0 Å². The van der Waals surface area contributed by atoms with Gasteiger partial charge in [-0.3, -0.25) is 14.6 Å². The van der Waals surface area contributed by atoms with Gasteiger partial charge in [-0.1, -0.05) is 0 Å². The second kappa shape index (κ2) is 5.14. The quantitative estimate of drug-likeness (QED) is 0.892. The van der Waals surface area contributed by atoms with Gasteiger partial charge in [0.1, 0.15) is 5.75 Å². The number of nitrogens with zero attached hydrogens (tertiary/aromatic N) is 1. The minimum Gasteiger partial charge on any atom is -0.476 e. The lowest BCUT2D eigenvalue weighted by molar-refractivity contribution is -0.129. The van der Waals surface area contributed by atoms with Gasteiger partial charge >= 0.3 is 0 Å². The van der Waals surface area contributed by atoms with Gasteiger partial charge in [0.05, 0.1) is 5.69 Å². The molecule has 112 valence electrons. The highest BCUT2D eigenvalue weighted by molar-refractivity contribution is 6.05. The number of anilines is 2. The van der Waals surface area contributed by atoms with Crippen LogP contribution in [-0.2, 0) is 4.79 Å². The van der Waals surface area contributed by atoms with E-state index in [9.17, 15) is 9.59 Å². The number of carbonyl (C=O) groups excluding carboxylic acids is 2. The monoisotopic (exact) mass is 297 g/mol. The van der Waals surface area contributed by atoms with Crippen LogP contribution in [0.25, 0.3) is 0 Å². The van der Waals surface area contributed by atoms with Crippen LogP contribution in [0.15, 0.2) is 42.7 Å². The molecule has 22 heavy (non-hydrogen) atoms. The summed E-state index contributed by atoms with van der Waals surface area (Å²) in [6.07, 6.45) is 3.11. The van der Waals surface area contributed by atoms with Gasteiger partial charge in [-0.15, -0.1) is 0 Å². The SMILES string of the molecule is CC1(C)Oc2ccc(NC(=O)c3ccncc3)cc2NC1=O. The highest BCUT2D eigenvalue weighted by Crippen LogP contribution is 2.35. The van der Waals surface area contributed by atoms with Crippen LogP contribution < -0.4 is 15.4 Å². The Kier molecular flexibility index (Phi) is 3.29. The Morgan fingerprint density at radius 3 is 2.68 bits per heavy atom. The summed E-state index contributed by atoms with van der Waals surface area (Å²) in [7, 11) is 0. The van der Waals surface area contributed by atoms with Crippen molar-refractivity contribution < 1.29 is 14.3 Å². The molecule has 0 radical (unpaired) electrons. The summed E-state index contributed by atoms with van der Waals surface area (Å²) in [5.41, 5.74) is 0.713. The molecule has 2 N–H and O–H groups in total. The van der Waals surface area contributed by atoms with Crippen LogP contribution >= 0.6 is 0 Å². The molecule has 0 aliphatic carbocycles. The average molecular weight is 297 g/mol. The minimum absolute atomic E-state index is 0.224. The van der Waals surface area contributed by atoms with Gasteiger partial charge < -0.3 is 15.4 Å². The van der Waals surface area contributed by atoms with Gasteiger partial charge in [-0.2, -0.15) is 0 Å². The predicted octanol–water partition coefficient (Wildman–Crippen LogP) is 2.44. The van der Waals surface area contributed by atoms with Gasteiger partial charge in [0.15, 0.2) is 5.60 Å². The molecule has 1 aromatic heterocycles. The maximum Gasteiger partial charge on any atom is 0.268 e. The molecule has 6 heteroatoms. The number of hydrogen-bond acceptors (Lipinski definition) is 4. The molecule has 2 aromatic rings. The first kappa shape index (κ1) is 14.1. The number of carbonyl (C=O) groups is 2. The van der Waals surface area contributed by atoms with Crippen molar-refractivity contribution in [2.45, 2.75) is 19.4 Å². The maximum absolute atomic E-state index is 12.1. The summed E-state index contributed by atoms with van der Waals surface area (Å²) in [6, 6.07) is 8.37. The van der Waals surface area contributed by atoms with E-state index in [-0.39, 0.29) is 11.8 Å². The Hall–Kier alpha value is -2.89. The third-order valence-corrected chi connectivity index (χ3v) is 3.34. The van der Waals surface area contributed by atoms with E-state index in [1.54, 1.807) is 56.6 Å². The summed E-state index contributed by atoms with van der Waals surface area (Å²) in [5.74, 6) is 0.106. The van der Waals surface area contributed by atoms with Crippen molar-refractivity contribution in [3.05, 3.63) is 48.3 Å². The summed E-state index contributed by atoms with van der Waals surface area (Å²) in [6.45, 7) is 3.40. The lowest BCUT2D eigenvalue weighted by Gasteiger charge is -2.31. The Morgan fingerprint density at radius 2 is 1.95 bits per heavy atom. The molecule has 0 fully saturated rings. The molecule has 2 amide bonds. The second-order valence-electron chi connectivity index (χ2n) is 5.47. The molecule has 1 aliphatic heterocycles. The second-order valence-corrected chi connectivity index (χ2v) is 5.47. The van der Waals surface area contributed by atoms with E-state index < -0.39 is 5.60 Å². The fourth-order valence-electron chi connectivity index (χ4n) is 2.10. The maximum atomic E-state index is 12.1. The summed E-state index contributed by atoms with van der Waals surface area (Å²) < 4.78 is 5.64. The van der Waals surface area contributed by atoms with Crippen LogP contribution in [0.4, 0.5) is 11.4 Å². The molecule has 3 rings (SSSR count). The van der Waals surface area contributed by atoms with Crippen molar-refractivity contribution in [1.82, 2.24) is 4.98 Å². The molecule has 0 saturated heterocycles. The third kappa shape index (κ3) is 2.63. The number of fused-ring (bicyclic) bond motifs is 1. The van der Waals surface area contributed by atoms with Crippen LogP contribution in [0.1, 0.15) is 24.2 Å². The first-order valence-corrected chi connectivity index (χ1v) is 6.81. The lowest BCUT2D eigenvalue weighted by atomic mass is 10.1. The number of benzene rings is 1. The van der Waals surface area contributed by atoms with Gasteiger partial charge in [0.2, 0.25) is 0 Å². The summed E-state index contributed by atoms with van der Waals surface area (Å²) in [5, 5.41) is 5.55. The van der Waals surface area contributed by atoms with Crippen molar-refractivity contribution in [2.24, 2.45) is 0 Å². The molecular formula is C16H15N3O3. The molecule has 0 bridgehead atoms. The Morgan fingerprint density at radius 1 is 1.23 bits per heavy atom. The van der Waals surface area contributed by atoms with Crippen LogP contribution in [0.5, 0.6) is 5.75 Å². The van der Waals surface area contributed by atoms with E-state index in [0.29, 0.717) is 22.7 Å². The van der Waals surface area contributed by atoms with Crippen molar-refractivity contribution >= 4 is 23.2 Å². The molecule has 0 saturated carbocycles. The number of aromatic nitrogens is 1. The number of nitrogens with one attached hydrogen (secondary N) is 2. The fraction of sp³-hybridized carbons (Fsp3) is 0.188. The molecule has 0 unspecified atom stereocenters. The van der Waals surface area contributed by atoms with E-state index in [1.165, 1.54) is 0 Å². The predicted molar refractivity (Wildman–Crippen MR) is 82.0 cm³/mol. The van der Waals surface area contributed by atoms with Crippen molar-refractivity contribution in [2.75, 3.05) is 10.6 Å². The first-order valence-electron chi connectivity index (χ1n) is 6.81. The number of ether oxygens (including phenoxy) is 1. The standard InChI is InChI=1S/C16H15N3O3/c1-16(2)15(21)19-12-9-11(3-4-13(12)22-16)18-14(20)10-5-7-17-8-6-10/h3-9H,1-2H3,(H,18,20)(H,19,21). The van der Waals surface area contributed by atoms with Crippen LogP contribution in [-0.4, -0.2) is 22.4 Å². The van der Waals surface area contributed by atoms with Gasteiger partial charge in [0, 0.05) is 23.6 Å². The number of hydrogen-bond donors (Lipinski definition) is 2. The zero-order valence-electron chi connectivity index (χ0n) is 12.2. The zero-order chi connectivity index (χ0) is 15.7. The van der Waals surface area contributed by atoms with Crippen LogP contribution in [0.2, 0.25) is 0 Å². The molecule has 1 aliphatic rings. The molecule has 0 atom stereocenters. The summed E-state index contributed by atoms with van der Waals surface area (Å²) in [4.78, 5) is 27.9. The number of rotatable bonds is 2. The molecule has 2 heterocycles. The normalized spacial score (nSPS) is 15.3. The molecule has 0 spiro atoms. The van der Waals surface area contributed by atoms with Crippen molar-refractivity contribution in [3.8, 4) is 5.75 Å². The molecule has 1 aromatic carbocycles. The number of amides is 2. The molecular weight excluding hydrogens is 282 g/mol. The Balaban J connectivity index is 1.82. The highest BCUT2D eigenvalue weighted by atomic mass is 16.5. The average Bonchev–Trinajstić information content (AvgIpc) is 2.49. The highest BCUT2D eigenvalue weighted by Gasteiger charge is 2.35. The zero-order valence-corrected chi connectivity index (χ0v) is 12.2. The van der Waals surface area contributed by atoms with Gasteiger partial charge in [0.25, 0.3) is 11.8 Å². The van der Waals surface area contributed by atoms with Crippen LogP contribution in [0.3, 0.4) is 0 Å². The topological polar surface area (TPSA) is 80.3 Å². The van der Waals surface area contributed by atoms with Crippen molar-refractivity contribution in [1.29, 1.82) is 0 Å². The largest absolute Gasteiger partial charge is 0.476 e. The van der Waals surface area contributed by atoms with E-state index >= 15 is 0 Å². The number of pyridine rings is 1. The Labute approximate surface area is 127 Å². The van der Waals surface area contributed by atoms with Crippen LogP contribution in [0, 0.1) is 0 Å². The minimum atomic E-state index is -0.908. The van der Waals surface area contributed by atoms with Crippen molar-refractivity contribution in [3.63, 3.8) is 0 Å². The third-order valence-electron chi connectivity index (χ3n) is 3.34. The van der Waals surface area contributed by atoms with E-state index in [4.69, 9.17) is 4.74 Å². The molecule has 6 nitrogen and oxygen atoms in total. The lowest BCUT2D eigenvalue weighted by Crippen LogP contribution is -2.45. The Bertz CT molecular complexity index is 742. The smallest absolute Gasteiger partial charge is 0.268 e. The van der Waals surface area contributed by atoms with E-state index in [0.717, 1.165) is 0 Å². The van der Waals surface area contributed by atoms with Gasteiger partial charge in [-0.25, -0.2) is 0 Å². The fourth-order valence-corrected chi connectivity index (χ4v) is 2.10. The van der Waals surface area contributed by atoms with Gasteiger partial charge in [-0.05, 0) is 44.2 Å². The van der Waals surface area contributed by atoms with E-state index in [2.05, 4.69) is 15.6 Å². The summed E-state index contributed by atoms with van der Waals surface area (Å²) >= 11 is 0. The first-order chi connectivity index (χ1) is 10.5.